The van der Waals surface area contributed by atoms with Crippen LogP contribution < -0.4 is 0 Å². The van der Waals surface area contributed by atoms with Crippen molar-refractivity contribution in [1.82, 2.24) is 4.31 Å². The van der Waals surface area contributed by atoms with E-state index in [0.29, 0.717) is 6.61 Å². The molecular formula is C8H15NO3S. The molecule has 0 saturated carbocycles. The van der Waals surface area contributed by atoms with Crippen molar-refractivity contribution in [2.45, 2.75) is 6.92 Å². The van der Waals surface area contributed by atoms with Gasteiger partial charge in [0.05, 0.1) is 18.9 Å². The summed E-state index contributed by atoms with van der Waals surface area (Å²) in [6.45, 7) is 2.66. The lowest BCUT2D eigenvalue weighted by Gasteiger charge is -2.13. The Hall–Kier alpha value is -0.570. The number of hydrogen-bond acceptors (Lipinski definition) is 3. The molecule has 0 aromatic carbocycles. The Morgan fingerprint density at radius 1 is 1.54 bits per heavy atom. The van der Waals surface area contributed by atoms with Gasteiger partial charge in [0.25, 0.3) is 0 Å². The van der Waals surface area contributed by atoms with Gasteiger partial charge in [-0.2, -0.15) is 4.31 Å². The topological polar surface area (TPSA) is 46.6 Å². The number of rotatable bonds is 6. The van der Waals surface area contributed by atoms with Crippen LogP contribution in [0.3, 0.4) is 0 Å². The SMILES string of the molecule is C#CCN(C)S(=O)(=O)CCOCC. The van der Waals surface area contributed by atoms with E-state index in [9.17, 15) is 8.42 Å². The first kappa shape index (κ1) is 12.4. The number of nitrogens with zero attached hydrogens (tertiary/aromatic N) is 1. The lowest BCUT2D eigenvalue weighted by atomic mass is 10.7. The van der Waals surface area contributed by atoms with Gasteiger partial charge in [-0.05, 0) is 6.92 Å². The normalized spacial score (nSPS) is 11.5. The molecule has 76 valence electrons. The van der Waals surface area contributed by atoms with E-state index in [0.717, 1.165) is 4.31 Å². The maximum atomic E-state index is 11.3. The Morgan fingerprint density at radius 3 is 2.62 bits per heavy atom. The first-order valence-electron chi connectivity index (χ1n) is 3.99. The molecule has 0 saturated heterocycles. The van der Waals surface area contributed by atoms with Crippen molar-refractivity contribution in [3.63, 3.8) is 0 Å². The minimum absolute atomic E-state index is 0.0149. The van der Waals surface area contributed by atoms with Crippen LogP contribution in [-0.4, -0.2) is 45.3 Å². The third-order valence-electron chi connectivity index (χ3n) is 1.48. The number of sulfonamides is 1. The first-order chi connectivity index (χ1) is 6.04. The Balaban J connectivity index is 4.01. The van der Waals surface area contributed by atoms with Crippen molar-refractivity contribution < 1.29 is 13.2 Å². The summed E-state index contributed by atoms with van der Waals surface area (Å²) < 4.78 is 28.8. The largest absolute Gasteiger partial charge is 0.381 e. The summed E-state index contributed by atoms with van der Waals surface area (Å²) in [5.41, 5.74) is 0. The Morgan fingerprint density at radius 2 is 2.15 bits per heavy atom. The average Bonchev–Trinajstić information content (AvgIpc) is 2.05. The van der Waals surface area contributed by atoms with E-state index in [-0.39, 0.29) is 18.9 Å². The molecule has 4 nitrogen and oxygen atoms in total. The van der Waals surface area contributed by atoms with E-state index in [1.54, 1.807) is 0 Å². The lowest BCUT2D eigenvalue weighted by Crippen LogP contribution is -2.31. The molecule has 0 aliphatic rings. The zero-order chi connectivity index (χ0) is 10.3. The molecule has 0 aromatic heterocycles. The van der Waals surface area contributed by atoms with Gasteiger partial charge in [0.15, 0.2) is 0 Å². The minimum atomic E-state index is -3.23. The van der Waals surface area contributed by atoms with Crippen molar-refractivity contribution >= 4 is 10.0 Å². The Bertz CT molecular complexity index is 266. The molecule has 5 heteroatoms. The van der Waals surface area contributed by atoms with Gasteiger partial charge in [0.1, 0.15) is 0 Å². The van der Waals surface area contributed by atoms with Gasteiger partial charge >= 0.3 is 0 Å². The predicted molar refractivity (Wildman–Crippen MR) is 51.7 cm³/mol. The van der Waals surface area contributed by atoms with Crippen LogP contribution in [0.4, 0.5) is 0 Å². The standard InChI is InChI=1S/C8H15NO3S/c1-4-6-9(3)13(10,11)8-7-12-5-2/h1H,5-8H2,2-3H3. The van der Waals surface area contributed by atoms with Gasteiger partial charge in [-0.15, -0.1) is 6.42 Å². The van der Waals surface area contributed by atoms with Gasteiger partial charge in [0.2, 0.25) is 10.0 Å². The summed E-state index contributed by atoms with van der Waals surface area (Å²) in [7, 11) is -1.77. The highest BCUT2D eigenvalue weighted by atomic mass is 32.2. The summed E-state index contributed by atoms with van der Waals surface area (Å²) in [6.07, 6.45) is 4.99. The Kier molecular flexibility index (Phi) is 5.71. The fourth-order valence-corrected chi connectivity index (χ4v) is 1.60. The van der Waals surface area contributed by atoms with Crippen LogP contribution in [0.5, 0.6) is 0 Å². The van der Waals surface area contributed by atoms with Crippen molar-refractivity contribution in [1.29, 1.82) is 0 Å². The summed E-state index contributed by atoms with van der Waals surface area (Å²) in [4.78, 5) is 0. The van der Waals surface area contributed by atoms with Crippen molar-refractivity contribution in [2.75, 3.05) is 32.6 Å². The fraction of sp³-hybridized carbons (Fsp3) is 0.750. The zero-order valence-electron chi connectivity index (χ0n) is 7.99. The van der Waals surface area contributed by atoms with E-state index in [2.05, 4.69) is 5.92 Å². The second-order valence-electron chi connectivity index (χ2n) is 2.47. The summed E-state index contributed by atoms with van der Waals surface area (Å²) in [5, 5.41) is 0. The van der Waals surface area contributed by atoms with E-state index in [1.807, 2.05) is 6.92 Å². The second kappa shape index (κ2) is 5.97. The molecular weight excluding hydrogens is 190 g/mol. The minimum Gasteiger partial charge on any atom is -0.381 e. The Labute approximate surface area is 79.9 Å². The van der Waals surface area contributed by atoms with Gasteiger partial charge in [-0.3, -0.25) is 0 Å². The molecule has 0 fully saturated rings. The number of ether oxygens (including phenoxy) is 1. The van der Waals surface area contributed by atoms with Gasteiger partial charge in [-0.25, -0.2) is 8.42 Å². The van der Waals surface area contributed by atoms with Crippen LogP contribution >= 0.6 is 0 Å². The molecule has 0 rings (SSSR count). The number of hydrogen-bond donors (Lipinski definition) is 0. The lowest BCUT2D eigenvalue weighted by molar-refractivity contribution is 0.162. The molecule has 0 N–H and O–H groups in total. The summed E-state index contributed by atoms with van der Waals surface area (Å²) in [6, 6.07) is 0. The van der Waals surface area contributed by atoms with Crippen molar-refractivity contribution in [2.24, 2.45) is 0 Å². The molecule has 13 heavy (non-hydrogen) atoms. The smallest absolute Gasteiger partial charge is 0.216 e. The van der Waals surface area contributed by atoms with Crippen LogP contribution in [0.25, 0.3) is 0 Å². The highest BCUT2D eigenvalue weighted by molar-refractivity contribution is 7.89. The molecule has 0 unspecified atom stereocenters. The van der Waals surface area contributed by atoms with Crippen LogP contribution in [0.2, 0.25) is 0 Å². The molecule has 0 radical (unpaired) electrons. The van der Waals surface area contributed by atoms with Gasteiger partial charge in [-0.1, -0.05) is 5.92 Å². The van der Waals surface area contributed by atoms with Crippen LogP contribution in [-0.2, 0) is 14.8 Å². The van der Waals surface area contributed by atoms with Crippen molar-refractivity contribution in [3.05, 3.63) is 0 Å². The van der Waals surface area contributed by atoms with Gasteiger partial charge in [0, 0.05) is 13.7 Å². The summed E-state index contributed by atoms with van der Waals surface area (Å²) in [5.74, 6) is 2.26. The first-order valence-corrected chi connectivity index (χ1v) is 5.60. The van der Waals surface area contributed by atoms with Crippen molar-refractivity contribution in [3.8, 4) is 12.3 Å². The molecule has 0 bridgehead atoms. The molecule has 0 aliphatic heterocycles. The maximum Gasteiger partial charge on any atom is 0.216 e. The number of terminal acetylenes is 1. The summed E-state index contributed by atoms with van der Waals surface area (Å²) >= 11 is 0. The van der Waals surface area contributed by atoms with Gasteiger partial charge < -0.3 is 4.74 Å². The zero-order valence-corrected chi connectivity index (χ0v) is 8.80. The van der Waals surface area contributed by atoms with E-state index in [1.165, 1.54) is 7.05 Å². The predicted octanol–water partition coefficient (Wildman–Crippen LogP) is -0.0823. The third-order valence-corrected chi connectivity index (χ3v) is 3.24. The molecule has 0 amide bonds. The van der Waals surface area contributed by atoms with E-state index in [4.69, 9.17) is 11.2 Å². The van der Waals surface area contributed by atoms with E-state index >= 15 is 0 Å². The molecule has 0 spiro atoms. The molecule has 0 atom stereocenters. The fourth-order valence-electron chi connectivity index (χ4n) is 0.691. The van der Waals surface area contributed by atoms with Crippen LogP contribution in [0.15, 0.2) is 0 Å². The highest BCUT2D eigenvalue weighted by Gasteiger charge is 2.15. The molecule has 0 aromatic rings. The van der Waals surface area contributed by atoms with Crippen LogP contribution in [0.1, 0.15) is 6.92 Å². The molecule has 0 aliphatic carbocycles. The average molecular weight is 205 g/mol. The third kappa shape index (κ3) is 4.88. The second-order valence-corrected chi connectivity index (χ2v) is 4.67. The molecule has 0 heterocycles. The van der Waals surface area contributed by atoms with Crippen LogP contribution in [0, 0.1) is 12.3 Å². The maximum absolute atomic E-state index is 11.3. The highest BCUT2D eigenvalue weighted by Crippen LogP contribution is 1.96. The quantitative estimate of drug-likeness (QED) is 0.450. The monoisotopic (exact) mass is 205 g/mol. The van der Waals surface area contributed by atoms with E-state index < -0.39 is 10.0 Å².